The molecule has 0 saturated carbocycles. The van der Waals surface area contributed by atoms with E-state index in [1.807, 2.05) is 42.5 Å². The minimum atomic E-state index is -1.01. The Labute approximate surface area is 179 Å². The Hall–Kier alpha value is -3.75. The summed E-state index contributed by atoms with van der Waals surface area (Å²) in [6.45, 7) is 0. The van der Waals surface area contributed by atoms with Gasteiger partial charge in [0.15, 0.2) is 0 Å². The summed E-state index contributed by atoms with van der Waals surface area (Å²) >= 11 is 0.738. The maximum absolute atomic E-state index is 12.8. The molecule has 1 aliphatic rings. The number of amides is 1. The topological polar surface area (TPSA) is 57.6 Å². The van der Waals surface area contributed by atoms with Crippen LogP contribution in [0.25, 0.3) is 6.08 Å². The molecule has 1 amide bonds. The molecule has 1 radical (unpaired) electrons. The zero-order valence-electron chi connectivity index (χ0n) is 15.9. The zero-order valence-corrected chi connectivity index (χ0v) is 16.8. The van der Waals surface area contributed by atoms with E-state index in [9.17, 15) is 9.59 Å². The molecule has 0 fully saturated rings. The summed E-state index contributed by atoms with van der Waals surface area (Å²) in [6, 6.07) is 22.0. The summed E-state index contributed by atoms with van der Waals surface area (Å²) in [4.78, 5) is 24.8. The molecule has 3 aromatic rings. The smallest absolute Gasteiger partial charge is 0.335 e. The monoisotopic (exact) mass is 412 g/mol. The van der Waals surface area contributed by atoms with Gasteiger partial charge in [-0.25, -0.2) is 4.79 Å². The first kappa shape index (κ1) is 19.6. The van der Waals surface area contributed by atoms with Gasteiger partial charge in [-0.15, -0.1) is 0 Å². The zero-order chi connectivity index (χ0) is 20.9. The van der Waals surface area contributed by atoms with Crippen molar-refractivity contribution in [1.29, 1.82) is 0 Å². The number of hydrogen-bond donors (Lipinski definition) is 2. The second kappa shape index (κ2) is 8.73. The van der Waals surface area contributed by atoms with Crippen LogP contribution in [0, 0.1) is 11.8 Å². The number of carboxylic acid groups (broad SMARTS) is 1. The van der Waals surface area contributed by atoms with E-state index in [-0.39, 0.29) is 11.5 Å². The molecule has 0 aliphatic carbocycles. The summed E-state index contributed by atoms with van der Waals surface area (Å²) in [5.74, 6) is 5.20. The number of fused-ring (bicyclic) bond motifs is 1. The number of thiol groups is 1. The van der Waals surface area contributed by atoms with Crippen molar-refractivity contribution in [1.82, 2.24) is 4.31 Å². The number of carbonyl (C=O) groups excluding carboxylic acids is 1. The molecule has 1 N–H and O–H groups in total. The first-order valence-corrected chi connectivity index (χ1v) is 10.2. The number of rotatable bonds is 3. The molecule has 0 unspecified atom stereocenters. The minimum absolute atomic E-state index is 0.155. The van der Waals surface area contributed by atoms with Crippen LogP contribution in [-0.2, 0) is 6.42 Å². The molecule has 1 aliphatic heterocycles. The molecule has 4 nitrogen and oxygen atoms in total. The van der Waals surface area contributed by atoms with Gasteiger partial charge in [-0.1, -0.05) is 60.2 Å². The average molecular weight is 412 g/mol. The number of nitrogens with zero attached hydrogens (tertiary/aromatic N) is 1. The Bertz CT molecular complexity index is 1190. The van der Waals surface area contributed by atoms with E-state index in [4.69, 9.17) is 5.11 Å². The Morgan fingerprint density at radius 3 is 2.40 bits per heavy atom. The fourth-order valence-corrected chi connectivity index (χ4v) is 4.03. The Balaban J connectivity index is 1.48. The van der Waals surface area contributed by atoms with Crippen molar-refractivity contribution in [2.45, 2.75) is 11.3 Å². The van der Waals surface area contributed by atoms with Crippen molar-refractivity contribution in [2.75, 3.05) is 0 Å². The van der Waals surface area contributed by atoms with Crippen LogP contribution in [0.2, 0.25) is 0 Å². The highest BCUT2D eigenvalue weighted by atomic mass is 32.2. The van der Waals surface area contributed by atoms with E-state index in [1.165, 1.54) is 29.8 Å². The molecule has 1 heterocycles. The number of hydrogen-bond acceptors (Lipinski definition) is 2. The SMILES string of the molecule is O=C(O)c1ccc(C(=O)N2C=Cc3ccc(C#CCc4ccccc4)cc3[SH]2)cc1. The van der Waals surface area contributed by atoms with Crippen LogP contribution in [0.3, 0.4) is 0 Å². The number of aromatic carboxylic acids is 1. The fourth-order valence-electron chi connectivity index (χ4n) is 2.99. The van der Waals surface area contributed by atoms with Crippen LogP contribution in [0.1, 0.15) is 37.4 Å². The molecule has 4 rings (SSSR count). The Kier molecular flexibility index (Phi) is 5.69. The Morgan fingerprint density at radius 1 is 0.933 bits per heavy atom. The summed E-state index contributed by atoms with van der Waals surface area (Å²) in [7, 11) is 0. The minimum Gasteiger partial charge on any atom is -0.478 e. The lowest BCUT2D eigenvalue weighted by Gasteiger charge is -2.24. The van der Waals surface area contributed by atoms with Crippen molar-refractivity contribution in [2.24, 2.45) is 0 Å². The predicted octanol–water partition coefficient (Wildman–Crippen LogP) is 4.85. The third kappa shape index (κ3) is 4.45. The van der Waals surface area contributed by atoms with Gasteiger partial charge < -0.3 is 5.11 Å². The maximum atomic E-state index is 12.8. The van der Waals surface area contributed by atoms with E-state index in [1.54, 1.807) is 10.5 Å². The largest absolute Gasteiger partial charge is 0.478 e. The van der Waals surface area contributed by atoms with Gasteiger partial charge in [0.1, 0.15) is 0 Å². The van der Waals surface area contributed by atoms with Gasteiger partial charge in [-0.2, -0.15) is 0 Å². The average Bonchev–Trinajstić information content (AvgIpc) is 2.79. The highest BCUT2D eigenvalue weighted by Gasteiger charge is 2.19. The van der Waals surface area contributed by atoms with Gasteiger partial charge in [0.05, 0.1) is 5.56 Å². The van der Waals surface area contributed by atoms with Gasteiger partial charge in [0, 0.05) is 28.6 Å². The number of carboxylic acids is 1. The lowest BCUT2D eigenvalue weighted by Crippen LogP contribution is -2.20. The lowest BCUT2D eigenvalue weighted by molar-refractivity contribution is 0.0696. The first-order chi connectivity index (χ1) is 14.6. The van der Waals surface area contributed by atoms with Crippen molar-refractivity contribution in [3.8, 4) is 11.8 Å². The summed E-state index contributed by atoms with van der Waals surface area (Å²) < 4.78 is 1.60. The lowest BCUT2D eigenvalue weighted by atomic mass is 10.1. The summed E-state index contributed by atoms with van der Waals surface area (Å²) in [6.07, 6.45) is 4.33. The van der Waals surface area contributed by atoms with Gasteiger partial charge in [0.25, 0.3) is 5.91 Å². The number of benzene rings is 3. The fraction of sp³-hybridized carbons (Fsp3) is 0.0400. The van der Waals surface area contributed by atoms with E-state index in [0.29, 0.717) is 12.0 Å². The first-order valence-electron chi connectivity index (χ1n) is 9.34. The second-order valence-electron chi connectivity index (χ2n) is 6.69. The standard InChI is InChI=1S/C25H18NO3S/c27-24(21-11-13-22(14-12-21)25(28)29)26-16-15-20-10-9-19(17-23(20)30-26)8-4-7-18-5-2-1-3-6-18/h1-3,5-6,9-17,30H,7H2,(H,28,29). The highest BCUT2D eigenvalue weighted by Crippen LogP contribution is 2.34. The second-order valence-corrected chi connectivity index (χ2v) is 7.80. The van der Waals surface area contributed by atoms with E-state index >= 15 is 0 Å². The van der Waals surface area contributed by atoms with Gasteiger partial charge in [-0.3, -0.25) is 9.10 Å². The van der Waals surface area contributed by atoms with Gasteiger partial charge in [0.2, 0.25) is 0 Å². The maximum Gasteiger partial charge on any atom is 0.335 e. The molecule has 3 aromatic carbocycles. The van der Waals surface area contributed by atoms with Crippen LogP contribution in [-0.4, -0.2) is 21.3 Å². The Morgan fingerprint density at radius 2 is 1.67 bits per heavy atom. The molecule has 0 spiro atoms. The van der Waals surface area contributed by atoms with Gasteiger partial charge >= 0.3 is 5.97 Å². The van der Waals surface area contributed by atoms with E-state index in [0.717, 1.165) is 28.0 Å². The van der Waals surface area contributed by atoms with Crippen LogP contribution in [0.4, 0.5) is 0 Å². The van der Waals surface area contributed by atoms with Crippen molar-refractivity contribution >= 4 is 29.9 Å². The van der Waals surface area contributed by atoms with Crippen LogP contribution in [0.15, 0.2) is 83.9 Å². The molecule has 0 atom stereocenters. The summed E-state index contributed by atoms with van der Waals surface area (Å²) in [5, 5.41) is 9.01. The normalized spacial score (nSPS) is 11.9. The molecular formula is C25H18NO3S. The van der Waals surface area contributed by atoms with E-state index in [2.05, 4.69) is 24.0 Å². The summed E-state index contributed by atoms with van der Waals surface area (Å²) in [5.41, 5.74) is 3.73. The van der Waals surface area contributed by atoms with Crippen molar-refractivity contribution < 1.29 is 14.7 Å². The molecule has 0 bridgehead atoms. The third-order valence-corrected chi connectivity index (χ3v) is 5.73. The molecule has 30 heavy (non-hydrogen) atoms. The molecular weight excluding hydrogens is 394 g/mol. The molecule has 5 heteroatoms. The molecule has 147 valence electrons. The molecule has 0 saturated heterocycles. The quantitative estimate of drug-likeness (QED) is 0.478. The predicted molar refractivity (Wildman–Crippen MR) is 119 cm³/mol. The van der Waals surface area contributed by atoms with Crippen LogP contribution < -0.4 is 0 Å². The molecule has 0 aromatic heterocycles. The van der Waals surface area contributed by atoms with Gasteiger partial charge in [-0.05, 0) is 53.6 Å². The van der Waals surface area contributed by atoms with Crippen LogP contribution in [0.5, 0.6) is 0 Å². The number of carbonyl (C=O) groups is 2. The van der Waals surface area contributed by atoms with Crippen LogP contribution >= 0.6 is 11.9 Å². The van der Waals surface area contributed by atoms with E-state index < -0.39 is 5.97 Å². The van der Waals surface area contributed by atoms with Crippen molar-refractivity contribution in [3.63, 3.8) is 0 Å². The third-order valence-electron chi connectivity index (χ3n) is 4.60. The highest BCUT2D eigenvalue weighted by molar-refractivity contribution is 7.97. The van der Waals surface area contributed by atoms with Crippen molar-refractivity contribution in [3.05, 3.63) is 107 Å².